The summed E-state index contributed by atoms with van der Waals surface area (Å²) in [5.74, 6) is 2.74. The molecular weight excluding hydrogens is 354 g/mol. The molecule has 0 unspecified atom stereocenters. The Morgan fingerprint density at radius 3 is 3.05 bits per heavy atom. The Morgan fingerprint density at radius 2 is 2.19 bits per heavy atom. The van der Waals surface area contributed by atoms with Crippen LogP contribution in [0.1, 0.15) is 11.6 Å². The van der Waals surface area contributed by atoms with Gasteiger partial charge in [0, 0.05) is 13.1 Å². The van der Waals surface area contributed by atoms with E-state index in [1.54, 1.807) is 17.7 Å². The molecule has 3 aromatic rings. The molecule has 0 saturated heterocycles. The first-order chi connectivity index (χ1) is 10.3. The van der Waals surface area contributed by atoms with Gasteiger partial charge in [0.2, 0.25) is 0 Å². The van der Waals surface area contributed by atoms with Gasteiger partial charge in [0.1, 0.15) is 12.2 Å². The Morgan fingerprint density at radius 1 is 1.29 bits per heavy atom. The van der Waals surface area contributed by atoms with Crippen molar-refractivity contribution in [2.45, 2.75) is 19.6 Å². The van der Waals surface area contributed by atoms with Gasteiger partial charge in [-0.2, -0.15) is 0 Å². The number of nitrogens with zero attached hydrogens (tertiary/aromatic N) is 6. The molecule has 1 aliphatic heterocycles. The van der Waals surface area contributed by atoms with Gasteiger partial charge in [-0.3, -0.25) is 0 Å². The molecule has 9 heteroatoms. The lowest BCUT2D eigenvalue weighted by molar-refractivity contribution is 0.541. The minimum absolute atomic E-state index is 0.419. The van der Waals surface area contributed by atoms with E-state index in [0.717, 1.165) is 44.6 Å². The molecule has 0 aliphatic carbocycles. The SMILES string of the molecule is NCc1nnc2n1CCN(c1ncnc3cc(Br)sc13)C2. The highest BCUT2D eigenvalue weighted by molar-refractivity contribution is 9.11. The van der Waals surface area contributed by atoms with Gasteiger partial charge in [0.25, 0.3) is 0 Å². The monoisotopic (exact) mass is 365 g/mol. The molecule has 0 bridgehead atoms. The topological polar surface area (TPSA) is 85.8 Å². The molecule has 0 spiro atoms. The van der Waals surface area contributed by atoms with Crippen LogP contribution in [0.3, 0.4) is 0 Å². The summed E-state index contributed by atoms with van der Waals surface area (Å²) in [6.07, 6.45) is 1.61. The van der Waals surface area contributed by atoms with Gasteiger partial charge in [-0.15, -0.1) is 21.5 Å². The predicted molar refractivity (Wildman–Crippen MR) is 84.1 cm³/mol. The van der Waals surface area contributed by atoms with Crippen molar-refractivity contribution < 1.29 is 0 Å². The van der Waals surface area contributed by atoms with E-state index < -0.39 is 0 Å². The third-order valence-electron chi connectivity index (χ3n) is 3.57. The Bertz CT molecular complexity index is 811. The lowest BCUT2D eigenvalue weighted by atomic mass is 10.3. The second-order valence-corrected chi connectivity index (χ2v) is 7.20. The van der Waals surface area contributed by atoms with Crippen LogP contribution in [0.25, 0.3) is 10.2 Å². The number of rotatable bonds is 2. The van der Waals surface area contributed by atoms with Crippen molar-refractivity contribution in [2.75, 3.05) is 11.4 Å². The Balaban J connectivity index is 1.74. The minimum Gasteiger partial charge on any atom is -0.346 e. The molecule has 1 aliphatic rings. The fraction of sp³-hybridized carbons (Fsp3) is 0.333. The zero-order valence-corrected chi connectivity index (χ0v) is 13.4. The molecule has 21 heavy (non-hydrogen) atoms. The molecule has 0 saturated carbocycles. The summed E-state index contributed by atoms with van der Waals surface area (Å²) in [7, 11) is 0. The smallest absolute Gasteiger partial charge is 0.152 e. The molecule has 7 nitrogen and oxygen atoms in total. The zero-order chi connectivity index (χ0) is 14.4. The van der Waals surface area contributed by atoms with Gasteiger partial charge in [-0.05, 0) is 22.0 Å². The number of hydrogen-bond acceptors (Lipinski definition) is 7. The standard InChI is InChI=1S/C12H12BrN7S/c13-8-3-7-11(21-8)12(16-6-15-7)19-1-2-20-9(4-14)17-18-10(20)5-19/h3,6H,1-2,4-5,14H2. The Hall–Kier alpha value is -1.58. The first-order valence-corrected chi connectivity index (χ1v) is 8.13. The van der Waals surface area contributed by atoms with Crippen LogP contribution in [0, 0.1) is 0 Å². The average molecular weight is 366 g/mol. The second kappa shape index (κ2) is 5.00. The summed E-state index contributed by atoms with van der Waals surface area (Å²) in [4.78, 5) is 11.0. The van der Waals surface area contributed by atoms with Crippen LogP contribution in [-0.2, 0) is 19.6 Å². The first-order valence-electron chi connectivity index (χ1n) is 6.52. The summed E-state index contributed by atoms with van der Waals surface area (Å²) in [6.45, 7) is 2.80. The fourth-order valence-corrected chi connectivity index (χ4v) is 4.15. The summed E-state index contributed by atoms with van der Waals surface area (Å²) in [5, 5.41) is 8.37. The van der Waals surface area contributed by atoms with Crippen molar-refractivity contribution in [1.29, 1.82) is 0 Å². The van der Waals surface area contributed by atoms with Crippen LogP contribution in [0.15, 0.2) is 16.2 Å². The van der Waals surface area contributed by atoms with E-state index in [0.29, 0.717) is 13.1 Å². The molecule has 3 aromatic heterocycles. The maximum absolute atomic E-state index is 5.68. The lowest BCUT2D eigenvalue weighted by Crippen LogP contribution is -2.35. The normalized spacial score (nSPS) is 14.7. The van der Waals surface area contributed by atoms with Gasteiger partial charge in [-0.1, -0.05) is 0 Å². The molecule has 0 atom stereocenters. The molecule has 0 aromatic carbocycles. The summed E-state index contributed by atoms with van der Waals surface area (Å²) in [6, 6.07) is 2.02. The van der Waals surface area contributed by atoms with Crippen LogP contribution in [-0.4, -0.2) is 31.3 Å². The predicted octanol–water partition coefficient (Wildman–Crippen LogP) is 1.52. The number of hydrogen-bond donors (Lipinski definition) is 1. The number of halogens is 1. The quantitative estimate of drug-likeness (QED) is 0.740. The van der Waals surface area contributed by atoms with E-state index in [1.807, 2.05) is 6.07 Å². The number of thiophene rings is 1. The van der Waals surface area contributed by atoms with Crippen molar-refractivity contribution in [3.8, 4) is 0 Å². The Labute approximate surface area is 132 Å². The highest BCUT2D eigenvalue weighted by Gasteiger charge is 2.23. The summed E-state index contributed by atoms with van der Waals surface area (Å²) >= 11 is 5.16. The van der Waals surface area contributed by atoms with Gasteiger partial charge in [0.15, 0.2) is 11.6 Å². The van der Waals surface area contributed by atoms with Crippen molar-refractivity contribution in [3.05, 3.63) is 27.8 Å². The summed E-state index contributed by atoms with van der Waals surface area (Å²) < 4.78 is 4.25. The van der Waals surface area contributed by atoms with Crippen LogP contribution in [0.5, 0.6) is 0 Å². The van der Waals surface area contributed by atoms with E-state index in [4.69, 9.17) is 5.73 Å². The van der Waals surface area contributed by atoms with Gasteiger partial charge in [0.05, 0.1) is 27.1 Å². The van der Waals surface area contributed by atoms with E-state index in [2.05, 4.69) is 45.6 Å². The molecule has 0 amide bonds. The number of aromatic nitrogens is 5. The van der Waals surface area contributed by atoms with E-state index in [-0.39, 0.29) is 0 Å². The molecular formula is C12H12BrN7S. The first kappa shape index (κ1) is 13.1. The maximum atomic E-state index is 5.68. The van der Waals surface area contributed by atoms with Crippen molar-refractivity contribution in [3.63, 3.8) is 0 Å². The second-order valence-electron chi connectivity index (χ2n) is 4.77. The van der Waals surface area contributed by atoms with Gasteiger partial charge >= 0.3 is 0 Å². The van der Waals surface area contributed by atoms with E-state index in [9.17, 15) is 0 Å². The van der Waals surface area contributed by atoms with E-state index in [1.165, 1.54) is 0 Å². The van der Waals surface area contributed by atoms with Crippen molar-refractivity contribution in [2.24, 2.45) is 5.73 Å². The average Bonchev–Trinajstić information content (AvgIpc) is 3.07. The fourth-order valence-electron chi connectivity index (χ4n) is 2.59. The van der Waals surface area contributed by atoms with Crippen molar-refractivity contribution in [1.82, 2.24) is 24.7 Å². The van der Waals surface area contributed by atoms with Crippen molar-refractivity contribution >= 4 is 43.3 Å². The maximum Gasteiger partial charge on any atom is 0.152 e. The largest absolute Gasteiger partial charge is 0.346 e. The van der Waals surface area contributed by atoms with Crippen LogP contribution < -0.4 is 10.6 Å². The Kier molecular flexibility index (Phi) is 3.12. The number of anilines is 1. The van der Waals surface area contributed by atoms with Crippen LogP contribution in [0.2, 0.25) is 0 Å². The van der Waals surface area contributed by atoms with Gasteiger partial charge in [-0.25, -0.2) is 9.97 Å². The summed E-state index contributed by atoms with van der Waals surface area (Å²) in [5.41, 5.74) is 6.64. The molecule has 2 N–H and O–H groups in total. The third kappa shape index (κ3) is 2.12. The van der Waals surface area contributed by atoms with Crippen LogP contribution >= 0.6 is 27.3 Å². The number of nitrogens with two attached hydrogens (primary N) is 1. The zero-order valence-electron chi connectivity index (χ0n) is 11.0. The molecule has 4 rings (SSSR count). The van der Waals surface area contributed by atoms with Crippen LogP contribution in [0.4, 0.5) is 5.82 Å². The molecule has 108 valence electrons. The van der Waals surface area contributed by atoms with Gasteiger partial charge < -0.3 is 15.2 Å². The molecule has 0 fully saturated rings. The molecule has 4 heterocycles. The minimum atomic E-state index is 0.419. The highest BCUT2D eigenvalue weighted by atomic mass is 79.9. The third-order valence-corrected chi connectivity index (χ3v) is 5.20. The highest BCUT2D eigenvalue weighted by Crippen LogP contribution is 2.35. The molecule has 0 radical (unpaired) electrons. The van der Waals surface area contributed by atoms with E-state index >= 15 is 0 Å². The lowest BCUT2D eigenvalue weighted by Gasteiger charge is -2.28. The number of fused-ring (bicyclic) bond motifs is 2.